The van der Waals surface area contributed by atoms with Crippen LogP contribution in [-0.2, 0) is 0 Å². The molecule has 0 atom stereocenters. The van der Waals surface area contributed by atoms with Gasteiger partial charge in [-0.1, -0.05) is 84.9 Å². The standard InChI is InChI=1S/C28H19N3O/c1-18-29-27(20-12-6-3-7-13-20)31-28(30-18)23-17-16-21(19-10-4-2-5-11-19)25-22-14-8-9-15-24(22)32-26(23)25/h2-17H,1H3. The number of benzene rings is 4. The Hall–Kier alpha value is -4.31. The molecule has 0 aliphatic rings. The Kier molecular flexibility index (Phi) is 4.29. The molecule has 0 N–H and O–H groups in total. The van der Waals surface area contributed by atoms with Crippen molar-refractivity contribution < 1.29 is 4.42 Å². The minimum Gasteiger partial charge on any atom is -0.455 e. The van der Waals surface area contributed by atoms with Crippen molar-refractivity contribution in [1.82, 2.24) is 15.0 Å². The molecule has 4 nitrogen and oxygen atoms in total. The van der Waals surface area contributed by atoms with Crippen LogP contribution >= 0.6 is 0 Å². The Balaban J connectivity index is 1.65. The first-order chi connectivity index (χ1) is 15.8. The number of hydrogen-bond donors (Lipinski definition) is 0. The molecule has 0 fully saturated rings. The Labute approximate surface area is 185 Å². The van der Waals surface area contributed by atoms with Gasteiger partial charge in [-0.15, -0.1) is 0 Å². The highest BCUT2D eigenvalue weighted by atomic mass is 16.3. The van der Waals surface area contributed by atoms with E-state index < -0.39 is 0 Å². The van der Waals surface area contributed by atoms with E-state index in [9.17, 15) is 0 Å². The molecule has 0 saturated heterocycles. The molecule has 2 heterocycles. The average molecular weight is 413 g/mol. The zero-order valence-electron chi connectivity index (χ0n) is 17.5. The lowest BCUT2D eigenvalue weighted by Crippen LogP contribution is -1.99. The summed E-state index contributed by atoms with van der Waals surface area (Å²) in [6.45, 7) is 1.89. The Morgan fingerprint density at radius 2 is 1.19 bits per heavy atom. The van der Waals surface area contributed by atoms with Gasteiger partial charge in [-0.2, -0.15) is 0 Å². The van der Waals surface area contributed by atoms with Crippen LogP contribution < -0.4 is 0 Å². The fourth-order valence-electron chi connectivity index (χ4n) is 4.18. The fourth-order valence-corrected chi connectivity index (χ4v) is 4.18. The normalized spacial score (nSPS) is 11.3. The molecule has 0 spiro atoms. The molecule has 0 aliphatic carbocycles. The second-order valence-corrected chi connectivity index (χ2v) is 7.72. The largest absolute Gasteiger partial charge is 0.455 e. The van der Waals surface area contributed by atoms with Crippen molar-refractivity contribution in [3.8, 4) is 33.9 Å². The molecule has 4 heteroatoms. The van der Waals surface area contributed by atoms with Gasteiger partial charge in [0.2, 0.25) is 0 Å². The van der Waals surface area contributed by atoms with Crippen LogP contribution in [0, 0.1) is 6.92 Å². The van der Waals surface area contributed by atoms with Crippen molar-refractivity contribution in [2.24, 2.45) is 0 Å². The summed E-state index contributed by atoms with van der Waals surface area (Å²) < 4.78 is 6.39. The van der Waals surface area contributed by atoms with Gasteiger partial charge >= 0.3 is 0 Å². The molecule has 0 saturated carbocycles. The predicted molar refractivity (Wildman–Crippen MR) is 128 cm³/mol. The van der Waals surface area contributed by atoms with Gasteiger partial charge in [-0.25, -0.2) is 15.0 Å². The molecule has 6 aromatic rings. The van der Waals surface area contributed by atoms with E-state index in [4.69, 9.17) is 9.40 Å². The Morgan fingerprint density at radius 1 is 0.562 bits per heavy atom. The molecule has 0 bridgehead atoms. The van der Waals surface area contributed by atoms with Crippen molar-refractivity contribution in [2.45, 2.75) is 6.92 Å². The van der Waals surface area contributed by atoms with Crippen LogP contribution in [0.1, 0.15) is 5.82 Å². The first-order valence-electron chi connectivity index (χ1n) is 10.6. The first-order valence-corrected chi connectivity index (χ1v) is 10.6. The number of hydrogen-bond acceptors (Lipinski definition) is 4. The van der Waals surface area contributed by atoms with Crippen LogP contribution in [-0.4, -0.2) is 15.0 Å². The van der Waals surface area contributed by atoms with Crippen molar-refractivity contribution in [3.63, 3.8) is 0 Å². The van der Waals surface area contributed by atoms with E-state index in [1.165, 1.54) is 0 Å². The smallest absolute Gasteiger partial charge is 0.167 e. The number of nitrogens with zero attached hydrogens (tertiary/aromatic N) is 3. The highest BCUT2D eigenvalue weighted by molar-refractivity contribution is 6.15. The van der Waals surface area contributed by atoms with E-state index in [1.807, 2.05) is 61.5 Å². The van der Waals surface area contributed by atoms with Crippen molar-refractivity contribution >= 4 is 21.9 Å². The summed E-state index contributed by atoms with van der Waals surface area (Å²) in [5.74, 6) is 1.94. The van der Waals surface area contributed by atoms with Gasteiger partial charge in [0.1, 0.15) is 17.0 Å². The molecule has 0 aliphatic heterocycles. The fraction of sp³-hybridized carbons (Fsp3) is 0.0357. The maximum Gasteiger partial charge on any atom is 0.167 e. The molecule has 6 rings (SSSR count). The van der Waals surface area contributed by atoms with Crippen LogP contribution in [0.15, 0.2) is 101 Å². The second-order valence-electron chi connectivity index (χ2n) is 7.72. The molecule has 0 radical (unpaired) electrons. The van der Waals surface area contributed by atoms with E-state index >= 15 is 0 Å². The Morgan fingerprint density at radius 3 is 1.97 bits per heavy atom. The minimum absolute atomic E-state index is 0.611. The number of aryl methyl sites for hydroxylation is 1. The van der Waals surface area contributed by atoms with Crippen molar-refractivity contribution in [2.75, 3.05) is 0 Å². The Bertz CT molecular complexity index is 1570. The summed E-state index contributed by atoms with van der Waals surface area (Å²) in [7, 11) is 0. The van der Waals surface area contributed by atoms with Gasteiger partial charge in [-0.3, -0.25) is 0 Å². The van der Waals surface area contributed by atoms with Gasteiger partial charge in [0.15, 0.2) is 11.6 Å². The molecule has 32 heavy (non-hydrogen) atoms. The lowest BCUT2D eigenvalue weighted by atomic mass is 9.97. The number of fused-ring (bicyclic) bond motifs is 3. The predicted octanol–water partition coefficient (Wildman–Crippen LogP) is 7.08. The number of furan rings is 1. The van der Waals surface area contributed by atoms with Gasteiger partial charge in [0, 0.05) is 16.3 Å². The first kappa shape index (κ1) is 18.5. The molecule has 0 unspecified atom stereocenters. The van der Waals surface area contributed by atoms with Crippen molar-refractivity contribution in [1.29, 1.82) is 0 Å². The second kappa shape index (κ2) is 7.43. The lowest BCUT2D eigenvalue weighted by molar-refractivity contribution is 0.669. The molecule has 152 valence electrons. The molecular formula is C28H19N3O. The quantitative estimate of drug-likeness (QED) is 0.311. The van der Waals surface area contributed by atoms with E-state index in [-0.39, 0.29) is 0 Å². The monoisotopic (exact) mass is 413 g/mol. The SMILES string of the molecule is Cc1nc(-c2ccccc2)nc(-c2ccc(-c3ccccc3)c3c2oc2ccccc23)n1. The summed E-state index contributed by atoms with van der Waals surface area (Å²) in [5.41, 5.74) is 5.73. The summed E-state index contributed by atoms with van der Waals surface area (Å²) >= 11 is 0. The van der Waals surface area contributed by atoms with Crippen LogP contribution in [0.3, 0.4) is 0 Å². The van der Waals surface area contributed by atoms with Gasteiger partial charge in [-0.05, 0) is 30.2 Å². The third-order valence-electron chi connectivity index (χ3n) is 5.63. The lowest BCUT2D eigenvalue weighted by Gasteiger charge is -2.09. The maximum atomic E-state index is 6.39. The highest BCUT2D eigenvalue weighted by Crippen LogP contribution is 2.41. The minimum atomic E-state index is 0.611. The summed E-state index contributed by atoms with van der Waals surface area (Å²) in [6, 6.07) is 32.7. The molecular weight excluding hydrogens is 394 g/mol. The van der Waals surface area contributed by atoms with Gasteiger partial charge in [0.05, 0.1) is 5.56 Å². The van der Waals surface area contributed by atoms with E-state index in [2.05, 4.69) is 52.4 Å². The molecule has 0 amide bonds. The third kappa shape index (κ3) is 3.05. The summed E-state index contributed by atoms with van der Waals surface area (Å²) in [6.07, 6.45) is 0. The topological polar surface area (TPSA) is 51.8 Å². The van der Waals surface area contributed by atoms with Crippen LogP contribution in [0.5, 0.6) is 0 Å². The molecule has 4 aromatic carbocycles. The van der Waals surface area contributed by atoms with E-state index in [0.29, 0.717) is 17.5 Å². The van der Waals surface area contributed by atoms with Crippen LogP contribution in [0.25, 0.3) is 55.8 Å². The average Bonchev–Trinajstić information content (AvgIpc) is 3.24. The number of para-hydroxylation sites is 1. The van der Waals surface area contributed by atoms with Crippen LogP contribution in [0.4, 0.5) is 0 Å². The van der Waals surface area contributed by atoms with E-state index in [1.54, 1.807) is 0 Å². The van der Waals surface area contributed by atoms with Crippen molar-refractivity contribution in [3.05, 3.63) is 103 Å². The maximum absolute atomic E-state index is 6.39. The molecule has 2 aromatic heterocycles. The van der Waals surface area contributed by atoms with Gasteiger partial charge < -0.3 is 4.42 Å². The zero-order valence-corrected chi connectivity index (χ0v) is 17.5. The number of rotatable bonds is 3. The van der Waals surface area contributed by atoms with Gasteiger partial charge in [0.25, 0.3) is 0 Å². The van der Waals surface area contributed by atoms with Crippen LogP contribution in [0.2, 0.25) is 0 Å². The highest BCUT2D eigenvalue weighted by Gasteiger charge is 2.19. The summed E-state index contributed by atoms with van der Waals surface area (Å²) in [5, 5.41) is 2.15. The summed E-state index contributed by atoms with van der Waals surface area (Å²) in [4.78, 5) is 14.0. The number of aromatic nitrogens is 3. The van der Waals surface area contributed by atoms with E-state index in [0.717, 1.165) is 44.2 Å². The third-order valence-corrected chi connectivity index (χ3v) is 5.63. The zero-order chi connectivity index (χ0) is 21.5.